The lowest BCUT2D eigenvalue weighted by atomic mass is 10.0. The summed E-state index contributed by atoms with van der Waals surface area (Å²) in [4.78, 5) is 4.61. The minimum atomic E-state index is -0.0753. The lowest BCUT2D eigenvalue weighted by Gasteiger charge is -2.19. The summed E-state index contributed by atoms with van der Waals surface area (Å²) in [5.74, 6) is 0.772. The van der Waals surface area contributed by atoms with Gasteiger partial charge < -0.3 is 19.7 Å². The van der Waals surface area contributed by atoms with Crippen LogP contribution in [0, 0.1) is 0 Å². The van der Waals surface area contributed by atoms with Crippen molar-refractivity contribution in [2.75, 3.05) is 45.3 Å². The molecule has 3 fully saturated rings. The fraction of sp³-hybridized carbons (Fsp3) is 0.519. The van der Waals surface area contributed by atoms with Crippen molar-refractivity contribution in [2.24, 2.45) is 0 Å². The summed E-state index contributed by atoms with van der Waals surface area (Å²) >= 11 is 0. The molecule has 0 unspecified atom stereocenters. The van der Waals surface area contributed by atoms with E-state index in [9.17, 15) is 0 Å². The maximum Gasteiger partial charge on any atom is 0.182 e. The molecule has 3 aromatic rings. The lowest BCUT2D eigenvalue weighted by molar-refractivity contribution is 0.0621. The fourth-order valence-electron chi connectivity index (χ4n) is 5.64. The van der Waals surface area contributed by atoms with Crippen LogP contribution >= 0.6 is 0 Å². The number of aromatic nitrogens is 4. The number of fused-ring (bicyclic) bond motifs is 1. The molecule has 4 heterocycles. The molecule has 190 valence electrons. The first kappa shape index (κ1) is 23.5. The van der Waals surface area contributed by atoms with E-state index in [2.05, 4.69) is 93.3 Å². The summed E-state index contributed by atoms with van der Waals surface area (Å²) in [6, 6.07) is 17.3. The number of likely N-dealkylation sites (tertiary alicyclic amines) is 1. The largest absolute Gasteiger partial charge is 0.378 e. The number of hydrogen-bond acceptors (Lipinski definition) is 8. The summed E-state index contributed by atoms with van der Waals surface area (Å²) in [6.45, 7) is 5.26. The molecule has 0 spiro atoms. The third-order valence-electron chi connectivity index (χ3n) is 7.65. The van der Waals surface area contributed by atoms with Gasteiger partial charge in [-0.15, -0.1) is 5.10 Å². The molecule has 3 saturated heterocycles. The van der Waals surface area contributed by atoms with E-state index in [1.54, 1.807) is 0 Å². The van der Waals surface area contributed by atoms with Crippen LogP contribution in [0.5, 0.6) is 0 Å². The van der Waals surface area contributed by atoms with Gasteiger partial charge in [-0.2, -0.15) is 0 Å². The zero-order valence-electron chi connectivity index (χ0n) is 21.1. The molecule has 4 atom stereocenters. The van der Waals surface area contributed by atoms with Crippen molar-refractivity contribution in [1.29, 1.82) is 0 Å². The number of hydrogen-bond donors (Lipinski definition) is 1. The van der Waals surface area contributed by atoms with E-state index in [-0.39, 0.29) is 24.3 Å². The maximum absolute atomic E-state index is 6.25. The minimum absolute atomic E-state index is 0.0189. The van der Waals surface area contributed by atoms with Gasteiger partial charge in [0.15, 0.2) is 5.82 Å². The van der Waals surface area contributed by atoms with Gasteiger partial charge in [-0.05, 0) is 65.7 Å². The van der Waals surface area contributed by atoms with Crippen LogP contribution in [0.2, 0.25) is 0 Å². The number of rotatable bonds is 8. The molecule has 0 amide bonds. The molecule has 3 aliphatic rings. The summed E-state index contributed by atoms with van der Waals surface area (Å²) in [5.41, 5.74) is 4.78. The third-order valence-corrected chi connectivity index (χ3v) is 7.65. The van der Waals surface area contributed by atoms with E-state index >= 15 is 0 Å². The summed E-state index contributed by atoms with van der Waals surface area (Å²) in [5, 5.41) is 16.4. The van der Waals surface area contributed by atoms with Gasteiger partial charge in [0.25, 0.3) is 0 Å². The van der Waals surface area contributed by atoms with Crippen LogP contribution < -0.4 is 10.2 Å². The van der Waals surface area contributed by atoms with Crippen molar-refractivity contribution in [3.8, 4) is 11.4 Å². The van der Waals surface area contributed by atoms with Crippen LogP contribution in [0.3, 0.4) is 0 Å². The summed E-state index contributed by atoms with van der Waals surface area (Å²) < 4.78 is 14.4. The highest BCUT2D eigenvalue weighted by Crippen LogP contribution is 2.36. The fourth-order valence-corrected chi connectivity index (χ4v) is 5.64. The smallest absolute Gasteiger partial charge is 0.182 e. The molecule has 1 N–H and O–H groups in total. The standard InChI is InChI=1S/C27H35N7O2/c1-32(2)22-10-8-19(9-11-22)15-28-23-17-35-26-24(18-36-25(23)26)34-27(29-30-31-34)21-7-5-6-20(14-21)16-33-12-3-4-13-33/h5-11,14,23-26,28H,3-4,12-13,15-18H2,1-2H3/t23-,24+,25-,26+/m1/s1. The molecule has 1 aromatic heterocycles. The maximum atomic E-state index is 6.25. The Hall–Kier alpha value is -2.85. The molecule has 36 heavy (non-hydrogen) atoms. The third kappa shape index (κ3) is 4.76. The molecular formula is C27H35N7O2. The lowest BCUT2D eigenvalue weighted by Crippen LogP contribution is -2.40. The van der Waals surface area contributed by atoms with Crippen molar-refractivity contribution in [3.05, 3.63) is 59.7 Å². The molecule has 0 saturated carbocycles. The number of tetrazole rings is 1. The Morgan fingerprint density at radius 1 is 0.972 bits per heavy atom. The van der Waals surface area contributed by atoms with E-state index in [4.69, 9.17) is 9.47 Å². The van der Waals surface area contributed by atoms with Crippen LogP contribution in [0.4, 0.5) is 5.69 Å². The van der Waals surface area contributed by atoms with E-state index in [1.165, 1.54) is 42.7 Å². The minimum Gasteiger partial charge on any atom is -0.378 e. The zero-order valence-corrected chi connectivity index (χ0v) is 21.1. The van der Waals surface area contributed by atoms with Gasteiger partial charge in [-0.25, -0.2) is 4.68 Å². The normalized spacial score (nSPS) is 25.9. The molecule has 6 rings (SSSR count). The topological polar surface area (TPSA) is 80.6 Å². The molecule has 0 aliphatic carbocycles. The quantitative estimate of drug-likeness (QED) is 0.517. The van der Waals surface area contributed by atoms with E-state index in [0.29, 0.717) is 13.2 Å². The second-order valence-corrected chi connectivity index (χ2v) is 10.3. The van der Waals surface area contributed by atoms with Gasteiger partial charge in [-0.3, -0.25) is 4.90 Å². The van der Waals surface area contributed by atoms with Crippen LogP contribution in [-0.2, 0) is 22.6 Å². The first-order valence-corrected chi connectivity index (χ1v) is 13.0. The van der Waals surface area contributed by atoms with Gasteiger partial charge in [0.2, 0.25) is 0 Å². The Kier molecular flexibility index (Phi) is 6.71. The Morgan fingerprint density at radius 3 is 2.58 bits per heavy atom. The van der Waals surface area contributed by atoms with Crippen molar-refractivity contribution in [3.63, 3.8) is 0 Å². The van der Waals surface area contributed by atoms with Gasteiger partial charge in [0.1, 0.15) is 18.2 Å². The molecule has 9 heteroatoms. The van der Waals surface area contributed by atoms with Gasteiger partial charge >= 0.3 is 0 Å². The van der Waals surface area contributed by atoms with Crippen molar-refractivity contribution >= 4 is 5.69 Å². The summed E-state index contributed by atoms with van der Waals surface area (Å²) in [7, 11) is 4.11. The molecule has 9 nitrogen and oxygen atoms in total. The summed E-state index contributed by atoms with van der Waals surface area (Å²) in [6.07, 6.45) is 2.49. The second-order valence-electron chi connectivity index (χ2n) is 10.3. The first-order valence-electron chi connectivity index (χ1n) is 13.0. The van der Waals surface area contributed by atoms with Crippen molar-refractivity contribution < 1.29 is 9.47 Å². The number of anilines is 1. The van der Waals surface area contributed by atoms with Crippen molar-refractivity contribution in [1.82, 2.24) is 30.4 Å². The number of ether oxygens (including phenoxy) is 2. The SMILES string of the molecule is CN(C)c1ccc(CN[C@@H]2CO[C@@H]3[C@@H]2OC[C@@H]3n2nnnc2-c2cccc(CN3CCCC3)c2)cc1. The second kappa shape index (κ2) is 10.3. The molecule has 0 radical (unpaired) electrons. The Bertz CT molecular complexity index is 1160. The number of nitrogens with zero attached hydrogens (tertiary/aromatic N) is 6. The molecular weight excluding hydrogens is 454 g/mol. The molecule has 0 bridgehead atoms. The van der Waals surface area contributed by atoms with Gasteiger partial charge in [0.05, 0.1) is 19.3 Å². The van der Waals surface area contributed by atoms with Crippen molar-refractivity contribution in [2.45, 2.75) is 50.2 Å². The number of benzene rings is 2. The zero-order chi connectivity index (χ0) is 24.5. The van der Waals surface area contributed by atoms with E-state index in [0.717, 1.165) is 24.5 Å². The highest BCUT2D eigenvalue weighted by atomic mass is 16.6. The Balaban J connectivity index is 1.12. The average molecular weight is 490 g/mol. The van der Waals surface area contributed by atoms with Crippen LogP contribution in [0.15, 0.2) is 48.5 Å². The van der Waals surface area contributed by atoms with Gasteiger partial charge in [-0.1, -0.05) is 30.3 Å². The first-order chi connectivity index (χ1) is 17.7. The van der Waals surface area contributed by atoms with E-state index < -0.39 is 0 Å². The monoisotopic (exact) mass is 489 g/mol. The average Bonchev–Trinajstić information content (AvgIpc) is 3.69. The van der Waals surface area contributed by atoms with Crippen LogP contribution in [0.1, 0.15) is 30.0 Å². The predicted octanol–water partition coefficient (Wildman–Crippen LogP) is 2.50. The highest BCUT2D eigenvalue weighted by molar-refractivity contribution is 5.56. The van der Waals surface area contributed by atoms with Crippen LogP contribution in [-0.4, -0.2) is 83.8 Å². The predicted molar refractivity (Wildman–Crippen MR) is 138 cm³/mol. The molecule has 2 aromatic carbocycles. The van der Waals surface area contributed by atoms with Gasteiger partial charge in [0, 0.05) is 38.4 Å². The number of nitrogens with one attached hydrogen (secondary N) is 1. The molecule has 3 aliphatic heterocycles. The Labute approximate surface area is 212 Å². The highest BCUT2D eigenvalue weighted by Gasteiger charge is 2.49. The Morgan fingerprint density at radius 2 is 1.78 bits per heavy atom. The van der Waals surface area contributed by atoms with E-state index in [1.807, 2.05) is 4.68 Å². The van der Waals surface area contributed by atoms with Crippen LogP contribution in [0.25, 0.3) is 11.4 Å².